The van der Waals surface area contributed by atoms with Crippen LogP contribution in [0.15, 0.2) is 65.8 Å². The number of sulfonamides is 1. The predicted molar refractivity (Wildman–Crippen MR) is 161 cm³/mol. The summed E-state index contributed by atoms with van der Waals surface area (Å²) >= 11 is 6.31. The molecule has 1 aromatic heterocycles. The lowest BCUT2D eigenvalue weighted by Crippen LogP contribution is -2.50. The molecule has 0 bridgehead atoms. The van der Waals surface area contributed by atoms with E-state index in [9.17, 15) is 13.2 Å². The van der Waals surface area contributed by atoms with Crippen molar-refractivity contribution in [2.75, 3.05) is 32.7 Å². The van der Waals surface area contributed by atoms with Crippen LogP contribution in [0.3, 0.4) is 0 Å². The number of hydrogen-bond donors (Lipinski definition) is 1. The Morgan fingerprint density at radius 2 is 1.81 bits per heavy atom. The lowest BCUT2D eigenvalue weighted by atomic mass is 9.97. The van der Waals surface area contributed by atoms with Gasteiger partial charge in [-0.3, -0.25) is 9.78 Å². The summed E-state index contributed by atoms with van der Waals surface area (Å²) in [5.41, 5.74) is 4.62. The Morgan fingerprint density at radius 1 is 1.10 bits per heavy atom. The normalized spacial score (nSPS) is 15.9. The van der Waals surface area contributed by atoms with Crippen molar-refractivity contribution in [3.8, 4) is 11.1 Å². The van der Waals surface area contributed by atoms with Crippen LogP contribution in [0.4, 0.5) is 0 Å². The highest BCUT2D eigenvalue weighted by Gasteiger charge is 2.38. The zero-order chi connectivity index (χ0) is 30.9. The first-order valence-electron chi connectivity index (χ1n) is 13.5. The first kappa shape index (κ1) is 33.3. The van der Waals surface area contributed by atoms with E-state index in [4.69, 9.17) is 24.2 Å². The summed E-state index contributed by atoms with van der Waals surface area (Å²) in [6, 6.07) is 14.7. The van der Waals surface area contributed by atoms with E-state index in [-0.39, 0.29) is 10.8 Å². The van der Waals surface area contributed by atoms with Crippen LogP contribution >= 0.6 is 11.6 Å². The van der Waals surface area contributed by atoms with Crippen molar-refractivity contribution in [2.24, 2.45) is 0 Å². The average molecular weight is 635 g/mol. The van der Waals surface area contributed by atoms with Gasteiger partial charge in [0.15, 0.2) is 0 Å². The highest BCUT2D eigenvalue weighted by Crippen LogP contribution is 2.35. The lowest BCUT2D eigenvalue weighted by Gasteiger charge is -2.41. The number of piperazine rings is 1. The first-order valence-corrected chi connectivity index (χ1v) is 16.3. The molecule has 1 N–H and O–H groups in total. The van der Waals surface area contributed by atoms with Gasteiger partial charge in [-0.25, -0.2) is 8.42 Å². The molecule has 4 rings (SSSR count). The minimum atomic E-state index is -3.81. The third-order valence-corrected chi connectivity index (χ3v) is 9.54. The van der Waals surface area contributed by atoms with Gasteiger partial charge in [0.25, 0.3) is 0 Å². The van der Waals surface area contributed by atoms with Crippen LogP contribution in [0.25, 0.3) is 11.1 Å². The topological polar surface area (TPSA) is 134 Å². The fraction of sp³-hybridized carbons (Fsp3) is 0.379. The molecule has 1 unspecified atom stereocenters. The largest absolute Gasteiger partial charge is 0.425 e. The van der Waals surface area contributed by atoms with Gasteiger partial charge in [0.1, 0.15) is 0 Å². The molecule has 0 radical (unpaired) electrons. The first-order chi connectivity index (χ1) is 19.9. The number of amides is 1. The average Bonchev–Trinajstić information content (AvgIpc) is 2.94. The Hall–Kier alpha value is -3.16. The summed E-state index contributed by atoms with van der Waals surface area (Å²) in [4.78, 5) is 18.6. The lowest BCUT2D eigenvalue weighted by molar-refractivity contribution is -0.121. The van der Waals surface area contributed by atoms with Gasteiger partial charge in [-0.1, -0.05) is 35.9 Å². The number of halogens is 1. The van der Waals surface area contributed by atoms with Crippen LogP contribution in [-0.4, -0.2) is 73.9 Å². The molecule has 1 aliphatic rings. The number of aryl methyl sites for hydroxylation is 1. The molecule has 10 nitrogen and oxygen atoms in total. The SMILES string of the molecule is CCNC(=O)CCCN1CCN(S(=O)(=O)c2cccc(Cl)c2C)C(c2cccc(-c3ccncc3C)c2)C1.O=S(=O)=O. The second-order valence-corrected chi connectivity index (χ2v) is 12.5. The number of nitrogens with zero attached hydrogens (tertiary/aromatic N) is 3. The second kappa shape index (κ2) is 15.4. The van der Waals surface area contributed by atoms with E-state index in [1.165, 1.54) is 0 Å². The standard InChI is InChI=1S/C29H35ClN4O3S.O3S/c1-4-32-29(35)12-7-15-33-16-17-34(38(36,37)28-11-6-10-26(30)22(28)3)27(20-33)24-9-5-8-23(18-24)25-13-14-31-19-21(25)2;1-4(2)3/h5-6,8-11,13-14,18-19,27H,4,7,12,15-17,20H2,1-3H3,(H,32,35);. The number of rotatable bonds is 9. The Morgan fingerprint density at radius 3 is 2.50 bits per heavy atom. The van der Waals surface area contributed by atoms with Crippen LogP contribution < -0.4 is 5.32 Å². The molecular formula is C29H35ClN4O6S2. The van der Waals surface area contributed by atoms with Gasteiger partial charge >= 0.3 is 10.6 Å². The molecule has 0 aliphatic carbocycles. The Balaban J connectivity index is 0.00000114. The fourth-order valence-electron chi connectivity index (χ4n) is 5.04. The number of benzene rings is 2. The van der Waals surface area contributed by atoms with E-state index in [0.29, 0.717) is 43.2 Å². The maximum Gasteiger partial charge on any atom is 0.425 e. The van der Waals surface area contributed by atoms with Crippen LogP contribution in [0.5, 0.6) is 0 Å². The summed E-state index contributed by atoms with van der Waals surface area (Å²) in [5.74, 6) is 0.0436. The monoisotopic (exact) mass is 634 g/mol. The summed E-state index contributed by atoms with van der Waals surface area (Å²) in [6.07, 6.45) is 4.77. The van der Waals surface area contributed by atoms with Gasteiger partial charge in [-0.15, -0.1) is 12.6 Å². The van der Waals surface area contributed by atoms with Gasteiger partial charge in [-0.2, -0.15) is 4.31 Å². The summed E-state index contributed by atoms with van der Waals surface area (Å²) in [6.45, 7) is 8.48. The fourth-order valence-corrected chi connectivity index (χ4v) is 7.11. The zero-order valence-electron chi connectivity index (χ0n) is 23.8. The number of carbonyl (C=O) groups is 1. The van der Waals surface area contributed by atoms with Crippen molar-refractivity contribution in [1.82, 2.24) is 19.5 Å². The predicted octanol–water partition coefficient (Wildman–Crippen LogP) is 3.98. The van der Waals surface area contributed by atoms with Crippen LogP contribution in [-0.2, 0) is 25.4 Å². The number of pyridine rings is 1. The van der Waals surface area contributed by atoms with Gasteiger partial charge in [0.05, 0.1) is 10.9 Å². The van der Waals surface area contributed by atoms with Crippen molar-refractivity contribution in [3.63, 3.8) is 0 Å². The number of nitrogens with one attached hydrogen (secondary N) is 1. The van der Waals surface area contributed by atoms with Gasteiger partial charge < -0.3 is 10.2 Å². The summed E-state index contributed by atoms with van der Waals surface area (Å²) in [5, 5.41) is 3.27. The molecule has 2 aromatic carbocycles. The van der Waals surface area contributed by atoms with Gasteiger partial charge in [-0.05, 0) is 85.8 Å². The van der Waals surface area contributed by atoms with E-state index in [2.05, 4.69) is 21.3 Å². The molecule has 226 valence electrons. The van der Waals surface area contributed by atoms with Crippen LogP contribution in [0.1, 0.15) is 42.5 Å². The number of aromatic nitrogens is 1. The van der Waals surface area contributed by atoms with E-state index < -0.39 is 26.7 Å². The molecule has 3 aromatic rings. The molecule has 42 heavy (non-hydrogen) atoms. The van der Waals surface area contributed by atoms with Gasteiger partial charge in [0, 0.05) is 50.0 Å². The third-order valence-electron chi connectivity index (χ3n) is 7.07. The third kappa shape index (κ3) is 8.68. The minimum absolute atomic E-state index is 0.0436. The molecule has 13 heteroatoms. The van der Waals surface area contributed by atoms with E-state index in [0.717, 1.165) is 35.2 Å². The molecule has 0 spiro atoms. The molecule has 1 atom stereocenters. The quantitative estimate of drug-likeness (QED) is 0.374. The van der Waals surface area contributed by atoms with Crippen molar-refractivity contribution in [1.29, 1.82) is 0 Å². The second-order valence-electron chi connectivity index (χ2n) is 9.87. The zero-order valence-corrected chi connectivity index (χ0v) is 26.2. The van der Waals surface area contributed by atoms with Crippen molar-refractivity contribution >= 4 is 38.1 Å². The van der Waals surface area contributed by atoms with Gasteiger partial charge in [0.2, 0.25) is 15.9 Å². The minimum Gasteiger partial charge on any atom is -0.356 e. The number of hydrogen-bond acceptors (Lipinski definition) is 8. The number of carbonyl (C=O) groups excluding carboxylic acids is 1. The van der Waals surface area contributed by atoms with Crippen LogP contribution in [0, 0.1) is 13.8 Å². The van der Waals surface area contributed by atoms with Crippen molar-refractivity contribution in [3.05, 3.63) is 82.6 Å². The van der Waals surface area contributed by atoms with Crippen molar-refractivity contribution < 1.29 is 25.8 Å². The molecule has 1 saturated heterocycles. The van der Waals surface area contributed by atoms with Crippen molar-refractivity contribution in [2.45, 2.75) is 44.6 Å². The Bertz CT molecular complexity index is 1610. The molecule has 1 amide bonds. The smallest absolute Gasteiger partial charge is 0.356 e. The maximum absolute atomic E-state index is 14.0. The highest BCUT2D eigenvalue weighted by atomic mass is 35.5. The van der Waals surface area contributed by atoms with E-state index in [1.54, 1.807) is 35.6 Å². The Kier molecular flexibility index (Phi) is 12.2. The molecule has 0 saturated carbocycles. The van der Waals surface area contributed by atoms with E-state index in [1.807, 2.05) is 44.3 Å². The molecule has 1 aliphatic heterocycles. The summed E-state index contributed by atoms with van der Waals surface area (Å²) < 4.78 is 55.0. The highest BCUT2D eigenvalue weighted by molar-refractivity contribution is 7.89. The molecule has 2 heterocycles. The van der Waals surface area contributed by atoms with Crippen LogP contribution in [0.2, 0.25) is 5.02 Å². The Labute approximate surface area is 253 Å². The maximum atomic E-state index is 14.0. The molecule has 1 fully saturated rings. The molecular weight excluding hydrogens is 600 g/mol. The van der Waals surface area contributed by atoms with E-state index >= 15 is 0 Å². The summed E-state index contributed by atoms with van der Waals surface area (Å²) in [7, 11) is -6.93.